The number of carbonyl (C=O) groups is 1. The van der Waals surface area contributed by atoms with E-state index in [0.717, 1.165) is 23.9 Å². The average molecular weight is 297 g/mol. The Hall–Kier alpha value is -1.62. The van der Waals surface area contributed by atoms with E-state index >= 15 is 0 Å². The van der Waals surface area contributed by atoms with Crippen LogP contribution < -0.4 is 0 Å². The number of piperidine rings is 1. The predicted molar refractivity (Wildman–Crippen MR) is 73.2 cm³/mol. The number of amides is 1. The second-order valence-corrected chi connectivity index (χ2v) is 5.26. The molecule has 0 radical (unpaired) electrons. The summed E-state index contributed by atoms with van der Waals surface area (Å²) in [5.41, 5.74) is 1.39. The van der Waals surface area contributed by atoms with E-state index in [0.29, 0.717) is 18.7 Å². The number of halogens is 2. The van der Waals surface area contributed by atoms with Crippen molar-refractivity contribution in [2.45, 2.75) is 18.8 Å². The third kappa shape index (κ3) is 2.38. The highest BCUT2D eigenvalue weighted by Crippen LogP contribution is 2.32. The second kappa shape index (κ2) is 5.40. The molecule has 4 nitrogen and oxygen atoms in total. The van der Waals surface area contributed by atoms with Gasteiger partial charge in [0.05, 0.1) is 5.69 Å². The Morgan fingerprint density at radius 1 is 1.45 bits per heavy atom. The zero-order valence-electron chi connectivity index (χ0n) is 10.8. The van der Waals surface area contributed by atoms with Crippen LogP contribution in [0.1, 0.15) is 24.5 Å². The molecule has 2 heterocycles. The maximum Gasteiger partial charge on any atom is 0.237 e. The number of fused-ring (bicyclic) bond motifs is 1. The van der Waals surface area contributed by atoms with Crippen LogP contribution in [0.25, 0.3) is 11.0 Å². The summed E-state index contributed by atoms with van der Waals surface area (Å²) in [6.07, 6.45) is 1.58. The summed E-state index contributed by atoms with van der Waals surface area (Å²) < 4.78 is 18.6. The standard InChI is InChI=1S/C14H14ClFN2O2/c15-8-13(19)18-5-3-9(4-6-18)14-11-7-10(16)1-2-12(11)20-17-14/h1-2,7,9H,3-6,8H2. The zero-order valence-corrected chi connectivity index (χ0v) is 11.6. The largest absolute Gasteiger partial charge is 0.356 e. The summed E-state index contributed by atoms with van der Waals surface area (Å²) in [5, 5.41) is 4.81. The number of likely N-dealkylation sites (tertiary alicyclic amines) is 1. The summed E-state index contributed by atoms with van der Waals surface area (Å²) in [5.74, 6) is -0.127. The van der Waals surface area contributed by atoms with Crippen molar-refractivity contribution >= 4 is 28.5 Å². The summed E-state index contributed by atoms with van der Waals surface area (Å²) in [7, 11) is 0. The molecule has 1 aliphatic heterocycles. The van der Waals surface area contributed by atoms with Crippen molar-refractivity contribution in [3.63, 3.8) is 0 Å². The van der Waals surface area contributed by atoms with Crippen molar-refractivity contribution in [2.24, 2.45) is 0 Å². The molecule has 6 heteroatoms. The van der Waals surface area contributed by atoms with Crippen LogP contribution in [0.5, 0.6) is 0 Å². The quantitative estimate of drug-likeness (QED) is 0.801. The van der Waals surface area contributed by atoms with Gasteiger partial charge in [-0.3, -0.25) is 4.79 Å². The Morgan fingerprint density at radius 3 is 2.90 bits per heavy atom. The van der Waals surface area contributed by atoms with Gasteiger partial charge in [-0.25, -0.2) is 4.39 Å². The van der Waals surface area contributed by atoms with Crippen molar-refractivity contribution in [1.29, 1.82) is 0 Å². The molecule has 0 aliphatic carbocycles. The molecular formula is C14H14ClFN2O2. The van der Waals surface area contributed by atoms with Crippen molar-refractivity contribution in [3.8, 4) is 0 Å². The van der Waals surface area contributed by atoms with Gasteiger partial charge >= 0.3 is 0 Å². The van der Waals surface area contributed by atoms with Gasteiger partial charge in [-0.2, -0.15) is 0 Å². The average Bonchev–Trinajstić information content (AvgIpc) is 2.89. The van der Waals surface area contributed by atoms with Gasteiger partial charge in [0.15, 0.2) is 5.58 Å². The molecule has 1 aromatic heterocycles. The molecule has 20 heavy (non-hydrogen) atoms. The first-order chi connectivity index (χ1) is 9.69. The minimum atomic E-state index is -0.295. The molecule has 0 atom stereocenters. The predicted octanol–water partition coefficient (Wildman–Crippen LogP) is 2.91. The summed E-state index contributed by atoms with van der Waals surface area (Å²) in [6, 6.07) is 4.41. The van der Waals surface area contributed by atoms with Gasteiger partial charge in [0.25, 0.3) is 0 Å². The Kier molecular flexibility index (Phi) is 3.61. The molecule has 1 amide bonds. The fourth-order valence-electron chi connectivity index (χ4n) is 2.71. The number of benzene rings is 1. The van der Waals surface area contributed by atoms with E-state index in [9.17, 15) is 9.18 Å². The highest BCUT2D eigenvalue weighted by atomic mass is 35.5. The van der Waals surface area contributed by atoms with E-state index in [-0.39, 0.29) is 23.5 Å². The van der Waals surface area contributed by atoms with E-state index in [1.54, 1.807) is 11.0 Å². The van der Waals surface area contributed by atoms with E-state index in [1.165, 1.54) is 12.1 Å². The Morgan fingerprint density at radius 2 is 2.20 bits per heavy atom. The molecule has 0 saturated carbocycles. The SMILES string of the molecule is O=C(CCl)N1CCC(c2noc3ccc(F)cc23)CC1. The first-order valence-electron chi connectivity index (χ1n) is 6.57. The first kappa shape index (κ1) is 13.4. The van der Waals surface area contributed by atoms with Crippen molar-refractivity contribution in [2.75, 3.05) is 19.0 Å². The van der Waals surface area contributed by atoms with Gasteiger partial charge in [0.2, 0.25) is 5.91 Å². The van der Waals surface area contributed by atoms with Crippen LogP contribution in [0.15, 0.2) is 22.7 Å². The molecule has 0 spiro atoms. The van der Waals surface area contributed by atoms with E-state index in [1.807, 2.05) is 0 Å². The Bertz CT molecular complexity index is 635. The van der Waals surface area contributed by atoms with Gasteiger partial charge in [0, 0.05) is 24.4 Å². The Labute approximate surface area is 120 Å². The number of hydrogen-bond donors (Lipinski definition) is 0. The second-order valence-electron chi connectivity index (χ2n) is 5.00. The lowest BCUT2D eigenvalue weighted by atomic mass is 9.91. The number of alkyl halides is 1. The van der Waals surface area contributed by atoms with Crippen LogP contribution in [0.2, 0.25) is 0 Å². The molecule has 0 N–H and O–H groups in total. The fraction of sp³-hybridized carbons (Fsp3) is 0.429. The molecular weight excluding hydrogens is 283 g/mol. The van der Waals surface area contributed by atoms with Crippen molar-refractivity contribution in [3.05, 3.63) is 29.7 Å². The molecule has 3 rings (SSSR count). The highest BCUT2D eigenvalue weighted by molar-refractivity contribution is 6.27. The minimum absolute atomic E-state index is 0.0166. The lowest BCUT2D eigenvalue weighted by Gasteiger charge is -2.30. The normalized spacial score (nSPS) is 16.8. The molecule has 1 saturated heterocycles. The third-order valence-electron chi connectivity index (χ3n) is 3.81. The number of hydrogen-bond acceptors (Lipinski definition) is 3. The van der Waals surface area contributed by atoms with Crippen LogP contribution in [0.3, 0.4) is 0 Å². The van der Waals surface area contributed by atoms with Crippen LogP contribution in [-0.2, 0) is 4.79 Å². The topological polar surface area (TPSA) is 46.3 Å². The summed E-state index contributed by atoms with van der Waals surface area (Å²) >= 11 is 5.56. The summed E-state index contributed by atoms with van der Waals surface area (Å²) in [4.78, 5) is 13.3. The lowest BCUT2D eigenvalue weighted by molar-refractivity contribution is -0.129. The lowest BCUT2D eigenvalue weighted by Crippen LogP contribution is -2.38. The van der Waals surface area contributed by atoms with Crippen LogP contribution in [-0.4, -0.2) is 34.9 Å². The van der Waals surface area contributed by atoms with E-state index in [4.69, 9.17) is 16.1 Å². The van der Waals surface area contributed by atoms with Gasteiger partial charge in [-0.05, 0) is 31.0 Å². The Balaban J connectivity index is 1.80. The van der Waals surface area contributed by atoms with Gasteiger partial charge in [0.1, 0.15) is 11.7 Å². The van der Waals surface area contributed by atoms with Crippen LogP contribution >= 0.6 is 11.6 Å². The fourth-order valence-corrected chi connectivity index (χ4v) is 2.88. The van der Waals surface area contributed by atoms with Gasteiger partial charge in [-0.1, -0.05) is 5.16 Å². The molecule has 1 aromatic carbocycles. The van der Waals surface area contributed by atoms with Gasteiger partial charge < -0.3 is 9.42 Å². The molecule has 0 bridgehead atoms. The van der Waals surface area contributed by atoms with Crippen LogP contribution in [0, 0.1) is 5.82 Å². The van der Waals surface area contributed by atoms with E-state index in [2.05, 4.69) is 5.16 Å². The zero-order chi connectivity index (χ0) is 14.1. The maximum atomic E-state index is 13.3. The molecule has 0 unspecified atom stereocenters. The number of aromatic nitrogens is 1. The van der Waals surface area contributed by atoms with Crippen LogP contribution in [0.4, 0.5) is 4.39 Å². The number of rotatable bonds is 2. The highest BCUT2D eigenvalue weighted by Gasteiger charge is 2.26. The first-order valence-corrected chi connectivity index (χ1v) is 7.11. The minimum Gasteiger partial charge on any atom is -0.356 e. The van der Waals surface area contributed by atoms with E-state index < -0.39 is 0 Å². The molecule has 2 aromatic rings. The molecule has 1 aliphatic rings. The van der Waals surface area contributed by atoms with Crippen molar-refractivity contribution in [1.82, 2.24) is 10.1 Å². The third-order valence-corrected chi connectivity index (χ3v) is 4.04. The number of carbonyl (C=O) groups excluding carboxylic acids is 1. The van der Waals surface area contributed by atoms with Gasteiger partial charge in [-0.15, -0.1) is 11.6 Å². The molecule has 1 fully saturated rings. The van der Waals surface area contributed by atoms with Crippen molar-refractivity contribution < 1.29 is 13.7 Å². The monoisotopic (exact) mass is 296 g/mol. The smallest absolute Gasteiger partial charge is 0.237 e. The number of nitrogens with zero attached hydrogens (tertiary/aromatic N) is 2. The summed E-state index contributed by atoms with van der Waals surface area (Å²) in [6.45, 7) is 1.31. The molecule has 106 valence electrons. The maximum absolute atomic E-state index is 13.3.